The molecule has 0 saturated carbocycles. The Bertz CT molecular complexity index is 863. The van der Waals surface area contributed by atoms with Gasteiger partial charge >= 0.3 is 0 Å². The van der Waals surface area contributed by atoms with Crippen molar-refractivity contribution in [3.63, 3.8) is 0 Å². The van der Waals surface area contributed by atoms with Gasteiger partial charge in [-0.1, -0.05) is 48.5 Å². The van der Waals surface area contributed by atoms with Gasteiger partial charge in [0.1, 0.15) is 5.82 Å². The normalized spacial score (nSPS) is 16.2. The highest BCUT2D eigenvalue weighted by Gasteiger charge is 2.30. The van der Waals surface area contributed by atoms with Crippen molar-refractivity contribution in [3.05, 3.63) is 77.5 Å². The summed E-state index contributed by atoms with van der Waals surface area (Å²) < 4.78 is 0. The van der Waals surface area contributed by atoms with Crippen molar-refractivity contribution < 1.29 is 0 Å². The lowest BCUT2D eigenvalue weighted by atomic mass is 10.0. The summed E-state index contributed by atoms with van der Waals surface area (Å²) in [6, 6.07) is 19.3. The summed E-state index contributed by atoms with van der Waals surface area (Å²) in [5.41, 5.74) is 16.4. The molecule has 4 N–H and O–H groups in total. The van der Waals surface area contributed by atoms with Crippen LogP contribution in [0.15, 0.2) is 60.8 Å². The first-order chi connectivity index (χ1) is 11.7. The van der Waals surface area contributed by atoms with Gasteiger partial charge in [0.2, 0.25) is 5.95 Å². The van der Waals surface area contributed by atoms with Crippen LogP contribution in [0.2, 0.25) is 0 Å². The molecule has 24 heavy (non-hydrogen) atoms. The maximum absolute atomic E-state index is 6.05. The number of nitrogens with zero attached hydrogens (tertiary/aromatic N) is 3. The first kappa shape index (κ1) is 14.5. The third kappa shape index (κ3) is 2.54. The molecule has 5 heteroatoms. The summed E-state index contributed by atoms with van der Waals surface area (Å²) in [4.78, 5) is 10.6. The van der Waals surface area contributed by atoms with Crippen molar-refractivity contribution in [1.82, 2.24) is 9.97 Å². The molecule has 2 heterocycles. The molecule has 5 nitrogen and oxygen atoms in total. The standard InChI is InChI=1S/C19H19N5/c20-18-15(11-22-19(21)23-18)12-24-16-9-5-4-8-14(16)10-17(24)13-6-2-1-3-7-13/h1-9,11,17H,10,12H2,(H4,20,21,22,23). The van der Waals surface area contributed by atoms with Gasteiger partial charge in [0, 0.05) is 24.0 Å². The number of rotatable bonds is 3. The molecule has 1 aliphatic heterocycles. The average Bonchev–Trinajstić information content (AvgIpc) is 2.97. The molecule has 0 fully saturated rings. The smallest absolute Gasteiger partial charge is 0.221 e. The quantitative estimate of drug-likeness (QED) is 0.776. The molecule has 120 valence electrons. The van der Waals surface area contributed by atoms with E-state index in [1.807, 2.05) is 6.07 Å². The number of benzene rings is 2. The van der Waals surface area contributed by atoms with E-state index in [0.717, 1.165) is 12.0 Å². The van der Waals surface area contributed by atoms with Crippen molar-refractivity contribution in [2.75, 3.05) is 16.4 Å². The van der Waals surface area contributed by atoms with Crippen molar-refractivity contribution >= 4 is 17.5 Å². The van der Waals surface area contributed by atoms with Crippen LogP contribution in [0.1, 0.15) is 22.7 Å². The van der Waals surface area contributed by atoms with Gasteiger partial charge in [-0.15, -0.1) is 0 Å². The topological polar surface area (TPSA) is 81.1 Å². The largest absolute Gasteiger partial charge is 0.383 e. The Morgan fingerprint density at radius 1 is 1.00 bits per heavy atom. The van der Waals surface area contributed by atoms with E-state index in [4.69, 9.17) is 11.5 Å². The van der Waals surface area contributed by atoms with Crippen LogP contribution in [0.25, 0.3) is 0 Å². The van der Waals surface area contributed by atoms with Crippen molar-refractivity contribution in [2.45, 2.75) is 19.0 Å². The van der Waals surface area contributed by atoms with Crippen LogP contribution in [0, 0.1) is 0 Å². The Kier molecular flexibility index (Phi) is 3.54. The number of para-hydroxylation sites is 1. The zero-order valence-electron chi connectivity index (χ0n) is 13.3. The molecule has 2 aromatic carbocycles. The molecule has 1 unspecified atom stereocenters. The van der Waals surface area contributed by atoms with Crippen LogP contribution in [-0.4, -0.2) is 9.97 Å². The van der Waals surface area contributed by atoms with Gasteiger partial charge in [-0.25, -0.2) is 4.98 Å². The van der Waals surface area contributed by atoms with Gasteiger partial charge in [-0.05, 0) is 23.6 Å². The summed E-state index contributed by atoms with van der Waals surface area (Å²) in [7, 11) is 0. The Morgan fingerprint density at radius 2 is 1.75 bits per heavy atom. The van der Waals surface area contributed by atoms with Crippen LogP contribution in [0.3, 0.4) is 0 Å². The highest BCUT2D eigenvalue weighted by molar-refractivity contribution is 5.62. The van der Waals surface area contributed by atoms with Crippen LogP contribution in [-0.2, 0) is 13.0 Å². The maximum Gasteiger partial charge on any atom is 0.221 e. The zero-order chi connectivity index (χ0) is 16.5. The van der Waals surface area contributed by atoms with Gasteiger partial charge in [-0.3, -0.25) is 0 Å². The van der Waals surface area contributed by atoms with E-state index in [1.165, 1.54) is 16.8 Å². The van der Waals surface area contributed by atoms with Crippen LogP contribution < -0.4 is 16.4 Å². The number of hydrogen-bond acceptors (Lipinski definition) is 5. The van der Waals surface area contributed by atoms with E-state index in [9.17, 15) is 0 Å². The summed E-state index contributed by atoms with van der Waals surface area (Å²) in [6.45, 7) is 0.655. The third-order valence-electron chi connectivity index (χ3n) is 4.53. The first-order valence-corrected chi connectivity index (χ1v) is 7.99. The Balaban J connectivity index is 1.73. The van der Waals surface area contributed by atoms with Gasteiger partial charge in [-0.2, -0.15) is 4.98 Å². The first-order valence-electron chi connectivity index (χ1n) is 7.99. The molecule has 0 saturated heterocycles. The second-order valence-electron chi connectivity index (χ2n) is 6.03. The van der Waals surface area contributed by atoms with E-state index < -0.39 is 0 Å². The molecule has 0 amide bonds. The van der Waals surface area contributed by atoms with Gasteiger partial charge in [0.15, 0.2) is 0 Å². The number of anilines is 3. The number of nitrogens with two attached hydrogens (primary N) is 2. The molecular formula is C19H19N5. The minimum absolute atomic E-state index is 0.206. The predicted octanol–water partition coefficient (Wildman–Crippen LogP) is 2.95. The highest BCUT2D eigenvalue weighted by Crippen LogP contribution is 2.41. The molecule has 0 bridgehead atoms. The SMILES string of the molecule is Nc1ncc(CN2c3ccccc3CC2c2ccccc2)c(N)n1. The van der Waals surface area contributed by atoms with E-state index in [0.29, 0.717) is 12.4 Å². The van der Waals surface area contributed by atoms with Crippen molar-refractivity contribution in [3.8, 4) is 0 Å². The van der Waals surface area contributed by atoms with Gasteiger partial charge in [0.25, 0.3) is 0 Å². The van der Waals surface area contributed by atoms with E-state index in [-0.39, 0.29) is 12.0 Å². The average molecular weight is 317 g/mol. The molecule has 1 aromatic heterocycles. The Hall–Kier alpha value is -3.08. The molecular weight excluding hydrogens is 298 g/mol. The van der Waals surface area contributed by atoms with E-state index >= 15 is 0 Å². The predicted molar refractivity (Wildman–Crippen MR) is 96.4 cm³/mol. The molecule has 3 aromatic rings. The summed E-state index contributed by atoms with van der Waals surface area (Å²) in [6.07, 6.45) is 2.70. The van der Waals surface area contributed by atoms with Crippen LogP contribution >= 0.6 is 0 Å². The minimum atomic E-state index is 0.206. The summed E-state index contributed by atoms with van der Waals surface area (Å²) in [5.74, 6) is 0.649. The molecule has 1 atom stereocenters. The molecule has 0 aliphatic carbocycles. The van der Waals surface area contributed by atoms with Crippen molar-refractivity contribution in [2.24, 2.45) is 0 Å². The number of fused-ring (bicyclic) bond motifs is 1. The van der Waals surface area contributed by atoms with E-state index in [1.54, 1.807) is 6.20 Å². The summed E-state index contributed by atoms with van der Waals surface area (Å²) in [5, 5.41) is 0. The fraction of sp³-hybridized carbons (Fsp3) is 0.158. The fourth-order valence-electron chi connectivity index (χ4n) is 3.36. The van der Waals surface area contributed by atoms with Crippen LogP contribution in [0.5, 0.6) is 0 Å². The Morgan fingerprint density at radius 3 is 2.54 bits per heavy atom. The monoisotopic (exact) mass is 317 g/mol. The Labute approximate surface area is 141 Å². The van der Waals surface area contributed by atoms with Crippen molar-refractivity contribution in [1.29, 1.82) is 0 Å². The van der Waals surface area contributed by atoms with Gasteiger partial charge in [0.05, 0.1) is 6.04 Å². The number of aromatic nitrogens is 2. The lowest BCUT2D eigenvalue weighted by Crippen LogP contribution is -2.25. The summed E-state index contributed by atoms with van der Waals surface area (Å²) >= 11 is 0. The van der Waals surface area contributed by atoms with Gasteiger partial charge < -0.3 is 16.4 Å². The highest BCUT2D eigenvalue weighted by atomic mass is 15.2. The molecule has 4 rings (SSSR count). The number of hydrogen-bond donors (Lipinski definition) is 2. The fourth-order valence-corrected chi connectivity index (χ4v) is 3.36. The second-order valence-corrected chi connectivity index (χ2v) is 6.03. The molecule has 0 radical (unpaired) electrons. The zero-order valence-corrected chi connectivity index (χ0v) is 13.3. The maximum atomic E-state index is 6.05. The molecule has 0 spiro atoms. The minimum Gasteiger partial charge on any atom is -0.383 e. The molecule has 1 aliphatic rings. The van der Waals surface area contributed by atoms with Crippen LogP contribution in [0.4, 0.5) is 17.5 Å². The second kappa shape index (κ2) is 5.85. The number of nitrogen functional groups attached to an aromatic ring is 2. The lowest BCUT2D eigenvalue weighted by Gasteiger charge is -2.28. The lowest BCUT2D eigenvalue weighted by molar-refractivity contribution is 0.657. The third-order valence-corrected chi connectivity index (χ3v) is 4.53. The van der Waals surface area contributed by atoms with E-state index in [2.05, 4.69) is 63.4 Å².